The summed E-state index contributed by atoms with van der Waals surface area (Å²) < 4.78 is 10.9. The van der Waals surface area contributed by atoms with Gasteiger partial charge in [0, 0.05) is 13.1 Å². The van der Waals surface area contributed by atoms with Gasteiger partial charge in [-0.1, -0.05) is 19.9 Å². The predicted molar refractivity (Wildman–Crippen MR) is 82.4 cm³/mol. The second-order valence-electron chi connectivity index (χ2n) is 6.04. The van der Waals surface area contributed by atoms with Gasteiger partial charge in [-0.05, 0) is 48.8 Å². The molecule has 1 aliphatic carbocycles. The van der Waals surface area contributed by atoms with Crippen molar-refractivity contribution in [2.24, 2.45) is 11.3 Å². The smallest absolute Gasteiger partial charge is 0.161 e. The molecule has 0 spiro atoms. The summed E-state index contributed by atoms with van der Waals surface area (Å²) in [7, 11) is 1.69. The highest BCUT2D eigenvalue weighted by Crippen LogP contribution is 2.51. The first kappa shape index (κ1) is 15.2. The molecule has 1 aromatic carbocycles. The largest absolute Gasteiger partial charge is 0.493 e. The summed E-state index contributed by atoms with van der Waals surface area (Å²) in [6.07, 6.45) is 2.73. The third kappa shape index (κ3) is 3.45. The molecule has 0 radical (unpaired) electrons. The Balaban J connectivity index is 1.90. The highest BCUT2D eigenvalue weighted by Gasteiger charge is 2.44. The van der Waals surface area contributed by atoms with Crippen molar-refractivity contribution in [1.29, 1.82) is 0 Å². The molecular formula is C17H27NO2. The Morgan fingerprint density at radius 1 is 1.25 bits per heavy atom. The number of hydrogen-bond acceptors (Lipinski definition) is 3. The number of nitrogens with one attached hydrogen (secondary N) is 1. The van der Waals surface area contributed by atoms with Crippen molar-refractivity contribution in [1.82, 2.24) is 5.32 Å². The first-order chi connectivity index (χ1) is 9.61. The second-order valence-corrected chi connectivity index (χ2v) is 6.04. The molecule has 0 unspecified atom stereocenters. The SMILES string of the molecule is CCOc1ccc(CNCC2(C(C)C)CC2)cc1OC. The number of benzene rings is 1. The molecule has 0 bridgehead atoms. The fraction of sp³-hybridized carbons (Fsp3) is 0.647. The van der Waals surface area contributed by atoms with Crippen LogP contribution >= 0.6 is 0 Å². The third-order valence-electron chi connectivity index (χ3n) is 4.45. The topological polar surface area (TPSA) is 30.5 Å². The summed E-state index contributed by atoms with van der Waals surface area (Å²) in [5, 5.41) is 3.59. The van der Waals surface area contributed by atoms with Crippen LogP contribution in [0.3, 0.4) is 0 Å². The molecule has 1 N–H and O–H groups in total. The van der Waals surface area contributed by atoms with E-state index >= 15 is 0 Å². The van der Waals surface area contributed by atoms with Gasteiger partial charge in [-0.25, -0.2) is 0 Å². The van der Waals surface area contributed by atoms with Crippen LogP contribution in [0.2, 0.25) is 0 Å². The molecule has 1 aromatic rings. The summed E-state index contributed by atoms with van der Waals surface area (Å²) in [5.41, 5.74) is 1.79. The lowest BCUT2D eigenvalue weighted by molar-refractivity contribution is 0.310. The quantitative estimate of drug-likeness (QED) is 0.787. The van der Waals surface area contributed by atoms with Crippen molar-refractivity contribution in [3.05, 3.63) is 23.8 Å². The van der Waals surface area contributed by atoms with Crippen LogP contribution in [0.4, 0.5) is 0 Å². The number of hydrogen-bond donors (Lipinski definition) is 1. The molecule has 3 nitrogen and oxygen atoms in total. The summed E-state index contributed by atoms with van der Waals surface area (Å²) in [6.45, 7) is 9.29. The van der Waals surface area contributed by atoms with E-state index in [4.69, 9.17) is 9.47 Å². The van der Waals surface area contributed by atoms with E-state index in [9.17, 15) is 0 Å². The van der Waals surface area contributed by atoms with Gasteiger partial charge < -0.3 is 14.8 Å². The zero-order chi connectivity index (χ0) is 14.6. The van der Waals surface area contributed by atoms with E-state index in [1.54, 1.807) is 7.11 Å². The number of ether oxygens (including phenoxy) is 2. The number of rotatable bonds is 8. The minimum atomic E-state index is 0.551. The van der Waals surface area contributed by atoms with E-state index in [-0.39, 0.29) is 0 Å². The van der Waals surface area contributed by atoms with Crippen LogP contribution in [-0.4, -0.2) is 20.3 Å². The fourth-order valence-electron chi connectivity index (χ4n) is 2.67. The molecule has 1 saturated carbocycles. The third-order valence-corrected chi connectivity index (χ3v) is 4.45. The van der Waals surface area contributed by atoms with E-state index in [0.29, 0.717) is 12.0 Å². The van der Waals surface area contributed by atoms with Crippen LogP contribution in [0.25, 0.3) is 0 Å². The zero-order valence-corrected chi connectivity index (χ0v) is 13.2. The number of methoxy groups -OCH3 is 1. The van der Waals surface area contributed by atoms with Crippen molar-refractivity contribution in [2.75, 3.05) is 20.3 Å². The van der Waals surface area contributed by atoms with Gasteiger partial charge in [0.05, 0.1) is 13.7 Å². The standard InChI is InChI=1S/C17H27NO2/c1-5-20-15-7-6-14(10-16(15)19-4)11-18-12-17(8-9-17)13(2)3/h6-7,10,13,18H,5,8-9,11-12H2,1-4H3. The molecule has 3 heteroatoms. The van der Waals surface area contributed by atoms with Gasteiger partial charge >= 0.3 is 0 Å². The van der Waals surface area contributed by atoms with Crippen molar-refractivity contribution < 1.29 is 9.47 Å². The molecule has 0 atom stereocenters. The molecule has 112 valence electrons. The Labute approximate surface area is 122 Å². The Kier molecular flexibility index (Phi) is 4.92. The average Bonchev–Trinajstić information content (AvgIpc) is 3.22. The maximum atomic E-state index is 5.54. The minimum absolute atomic E-state index is 0.551. The summed E-state index contributed by atoms with van der Waals surface area (Å²) in [4.78, 5) is 0. The van der Waals surface area contributed by atoms with Crippen LogP contribution in [0.5, 0.6) is 11.5 Å². The lowest BCUT2D eigenvalue weighted by Crippen LogP contribution is -2.27. The minimum Gasteiger partial charge on any atom is -0.493 e. The first-order valence-electron chi connectivity index (χ1n) is 7.62. The van der Waals surface area contributed by atoms with Gasteiger partial charge in [0.1, 0.15) is 0 Å². The van der Waals surface area contributed by atoms with E-state index in [1.807, 2.05) is 13.0 Å². The van der Waals surface area contributed by atoms with Gasteiger partial charge in [-0.15, -0.1) is 0 Å². The molecule has 20 heavy (non-hydrogen) atoms. The van der Waals surface area contributed by atoms with Crippen LogP contribution < -0.4 is 14.8 Å². The molecule has 1 aliphatic rings. The molecule has 0 aromatic heterocycles. The Morgan fingerprint density at radius 3 is 2.55 bits per heavy atom. The van der Waals surface area contributed by atoms with Gasteiger partial charge in [0.25, 0.3) is 0 Å². The van der Waals surface area contributed by atoms with Crippen molar-refractivity contribution in [3.63, 3.8) is 0 Å². The van der Waals surface area contributed by atoms with Gasteiger partial charge in [-0.2, -0.15) is 0 Å². The summed E-state index contributed by atoms with van der Waals surface area (Å²) in [5.74, 6) is 2.40. The van der Waals surface area contributed by atoms with Crippen LogP contribution in [-0.2, 0) is 6.54 Å². The highest BCUT2D eigenvalue weighted by atomic mass is 16.5. The molecule has 0 heterocycles. The zero-order valence-electron chi connectivity index (χ0n) is 13.2. The van der Waals surface area contributed by atoms with Gasteiger partial charge in [-0.3, -0.25) is 0 Å². The maximum absolute atomic E-state index is 5.54. The normalized spacial score (nSPS) is 16.2. The second kappa shape index (κ2) is 6.49. The van der Waals surface area contributed by atoms with E-state index in [1.165, 1.54) is 18.4 Å². The Bertz CT molecular complexity index is 439. The van der Waals surface area contributed by atoms with E-state index in [0.717, 1.165) is 30.5 Å². The molecule has 1 fully saturated rings. The maximum Gasteiger partial charge on any atom is 0.161 e. The van der Waals surface area contributed by atoms with Crippen molar-refractivity contribution in [2.45, 2.75) is 40.2 Å². The van der Waals surface area contributed by atoms with Crippen LogP contribution in [0.15, 0.2) is 18.2 Å². The Morgan fingerprint density at radius 2 is 2.00 bits per heavy atom. The Hall–Kier alpha value is -1.22. The molecule has 0 saturated heterocycles. The molecular weight excluding hydrogens is 250 g/mol. The summed E-state index contributed by atoms with van der Waals surface area (Å²) >= 11 is 0. The van der Waals surface area contributed by atoms with Crippen molar-refractivity contribution in [3.8, 4) is 11.5 Å². The average molecular weight is 277 g/mol. The summed E-state index contributed by atoms with van der Waals surface area (Å²) in [6, 6.07) is 6.16. The van der Waals surface area contributed by atoms with E-state index in [2.05, 4.69) is 31.3 Å². The fourth-order valence-corrected chi connectivity index (χ4v) is 2.67. The van der Waals surface area contributed by atoms with Crippen LogP contribution in [0, 0.1) is 11.3 Å². The monoisotopic (exact) mass is 277 g/mol. The van der Waals surface area contributed by atoms with Crippen molar-refractivity contribution >= 4 is 0 Å². The lowest BCUT2D eigenvalue weighted by atomic mass is 9.92. The lowest BCUT2D eigenvalue weighted by Gasteiger charge is -2.20. The highest BCUT2D eigenvalue weighted by molar-refractivity contribution is 5.42. The van der Waals surface area contributed by atoms with E-state index < -0.39 is 0 Å². The molecule has 0 aliphatic heterocycles. The van der Waals surface area contributed by atoms with Gasteiger partial charge in [0.2, 0.25) is 0 Å². The molecule has 2 rings (SSSR count). The van der Waals surface area contributed by atoms with Gasteiger partial charge in [0.15, 0.2) is 11.5 Å². The first-order valence-corrected chi connectivity index (χ1v) is 7.62. The predicted octanol–water partition coefficient (Wildman–Crippen LogP) is 3.62. The van der Waals surface area contributed by atoms with Crippen LogP contribution in [0.1, 0.15) is 39.2 Å². The molecule has 0 amide bonds.